The molecule has 166 valence electrons. The van der Waals surface area contributed by atoms with Crippen molar-refractivity contribution in [2.24, 2.45) is 0 Å². The molecule has 0 aliphatic carbocycles. The van der Waals surface area contributed by atoms with E-state index in [0.717, 1.165) is 71.0 Å². The van der Waals surface area contributed by atoms with E-state index in [1.54, 1.807) is 0 Å². The molecular formula is C28H32ClN3. The molecule has 1 aromatic heterocycles. The van der Waals surface area contributed by atoms with Gasteiger partial charge >= 0.3 is 0 Å². The number of aromatic nitrogens is 1. The summed E-state index contributed by atoms with van der Waals surface area (Å²) in [5.74, 6) is 0. The van der Waals surface area contributed by atoms with Crippen molar-refractivity contribution in [3.8, 4) is 11.3 Å². The highest BCUT2D eigenvalue weighted by Gasteiger charge is 2.20. The highest BCUT2D eigenvalue weighted by atomic mass is 35.5. The van der Waals surface area contributed by atoms with Crippen LogP contribution in [0.4, 0.5) is 0 Å². The number of hydrogen-bond donors (Lipinski definition) is 0. The molecular weight excluding hydrogens is 414 g/mol. The van der Waals surface area contributed by atoms with Crippen molar-refractivity contribution in [2.75, 3.05) is 26.2 Å². The molecule has 0 saturated carbocycles. The molecule has 3 aromatic rings. The lowest BCUT2D eigenvalue weighted by Gasteiger charge is -2.39. The summed E-state index contributed by atoms with van der Waals surface area (Å²) >= 11 is 6.62. The van der Waals surface area contributed by atoms with E-state index < -0.39 is 0 Å². The van der Waals surface area contributed by atoms with E-state index in [1.165, 1.54) is 24.1 Å². The van der Waals surface area contributed by atoms with Gasteiger partial charge in [-0.15, -0.1) is 0 Å². The van der Waals surface area contributed by atoms with Crippen LogP contribution in [0.2, 0.25) is 5.02 Å². The van der Waals surface area contributed by atoms with E-state index in [1.807, 2.05) is 6.07 Å². The Kier molecular flexibility index (Phi) is 6.86. The third kappa shape index (κ3) is 4.83. The van der Waals surface area contributed by atoms with Crippen molar-refractivity contribution in [3.63, 3.8) is 0 Å². The monoisotopic (exact) mass is 445 g/mol. The summed E-state index contributed by atoms with van der Waals surface area (Å²) in [6.07, 6.45) is 3.52. The average Bonchev–Trinajstić information content (AvgIpc) is 2.82. The quantitative estimate of drug-likeness (QED) is 0.384. The van der Waals surface area contributed by atoms with Gasteiger partial charge in [-0.1, -0.05) is 80.1 Å². The fourth-order valence-corrected chi connectivity index (χ4v) is 4.51. The van der Waals surface area contributed by atoms with E-state index in [2.05, 4.69) is 79.3 Å². The van der Waals surface area contributed by atoms with Crippen LogP contribution in [-0.4, -0.2) is 41.0 Å². The largest absolute Gasteiger partial charge is 0.372 e. The number of allylic oxidation sites excluding steroid dienone is 1. The molecule has 1 fully saturated rings. The van der Waals surface area contributed by atoms with Crippen molar-refractivity contribution in [2.45, 2.75) is 33.1 Å². The predicted octanol–water partition coefficient (Wildman–Crippen LogP) is 7.16. The molecule has 2 aromatic carbocycles. The Morgan fingerprint density at radius 1 is 0.969 bits per heavy atom. The van der Waals surface area contributed by atoms with Crippen LogP contribution in [0.15, 0.2) is 67.4 Å². The minimum Gasteiger partial charge on any atom is -0.372 e. The lowest BCUT2D eigenvalue weighted by Crippen LogP contribution is -2.44. The third-order valence-corrected chi connectivity index (χ3v) is 6.68. The summed E-state index contributed by atoms with van der Waals surface area (Å²) in [6.45, 7) is 16.9. The van der Waals surface area contributed by atoms with Gasteiger partial charge in [-0.05, 0) is 37.5 Å². The maximum atomic E-state index is 6.62. The molecule has 0 amide bonds. The molecule has 1 aliphatic rings. The summed E-state index contributed by atoms with van der Waals surface area (Å²) in [6, 6.07) is 16.6. The van der Waals surface area contributed by atoms with Crippen molar-refractivity contribution in [3.05, 3.63) is 83.5 Å². The fourth-order valence-electron chi connectivity index (χ4n) is 4.25. The predicted molar refractivity (Wildman–Crippen MR) is 138 cm³/mol. The number of piperazine rings is 1. The van der Waals surface area contributed by atoms with Crippen LogP contribution in [0.25, 0.3) is 27.9 Å². The molecule has 3 nitrogen and oxygen atoms in total. The molecule has 1 saturated heterocycles. The number of unbranched alkanes of at least 4 members (excludes halogenated alkanes) is 1. The Labute approximate surface area is 197 Å². The van der Waals surface area contributed by atoms with Crippen LogP contribution in [0.1, 0.15) is 37.3 Å². The molecule has 0 atom stereocenters. The van der Waals surface area contributed by atoms with Crippen LogP contribution in [0.3, 0.4) is 0 Å². The molecule has 0 unspecified atom stereocenters. The molecule has 0 spiro atoms. The highest BCUT2D eigenvalue weighted by molar-refractivity contribution is 6.35. The first-order valence-electron chi connectivity index (χ1n) is 11.5. The number of pyridine rings is 1. The Morgan fingerprint density at radius 2 is 1.66 bits per heavy atom. The first-order valence-corrected chi connectivity index (χ1v) is 11.9. The summed E-state index contributed by atoms with van der Waals surface area (Å²) in [5.41, 5.74) is 7.51. The summed E-state index contributed by atoms with van der Waals surface area (Å²) < 4.78 is 0. The second kappa shape index (κ2) is 9.79. The number of aryl methyl sites for hydroxylation is 1. The normalized spacial score (nSPS) is 14.1. The number of benzene rings is 2. The van der Waals surface area contributed by atoms with E-state index in [4.69, 9.17) is 16.6 Å². The van der Waals surface area contributed by atoms with E-state index in [-0.39, 0.29) is 0 Å². The van der Waals surface area contributed by atoms with Crippen LogP contribution >= 0.6 is 11.6 Å². The van der Waals surface area contributed by atoms with Gasteiger partial charge in [-0.2, -0.15) is 0 Å². The number of hydrogen-bond acceptors (Lipinski definition) is 3. The first-order chi connectivity index (χ1) is 15.5. The minimum atomic E-state index is 0.724. The van der Waals surface area contributed by atoms with E-state index >= 15 is 0 Å². The maximum absolute atomic E-state index is 6.62. The molecule has 0 radical (unpaired) electrons. The molecule has 0 bridgehead atoms. The standard InChI is InChI=1S/C28H32ClN3/c1-5-6-7-21(3)31-14-16-32(17-15-31)22(4)24-12-13-25-26(29)19-27(30-28(25)18-24)23-10-8-20(2)9-11-23/h8-13,18-19H,3-7,14-17H2,1-2H3. The van der Waals surface area contributed by atoms with Crippen molar-refractivity contribution >= 4 is 28.2 Å². The number of halogens is 1. The number of nitrogens with zero attached hydrogens (tertiary/aromatic N) is 3. The summed E-state index contributed by atoms with van der Waals surface area (Å²) in [4.78, 5) is 9.72. The average molecular weight is 446 g/mol. The lowest BCUT2D eigenvalue weighted by molar-refractivity contribution is 0.209. The zero-order valence-electron chi connectivity index (χ0n) is 19.2. The van der Waals surface area contributed by atoms with Crippen LogP contribution in [0, 0.1) is 6.92 Å². The van der Waals surface area contributed by atoms with Crippen LogP contribution < -0.4 is 0 Å². The highest BCUT2D eigenvalue weighted by Crippen LogP contribution is 2.31. The van der Waals surface area contributed by atoms with Gasteiger partial charge < -0.3 is 9.80 Å². The summed E-state index contributed by atoms with van der Waals surface area (Å²) in [7, 11) is 0. The minimum absolute atomic E-state index is 0.724. The molecule has 4 heteroatoms. The van der Waals surface area contributed by atoms with Crippen LogP contribution in [-0.2, 0) is 0 Å². The first kappa shape index (κ1) is 22.4. The smallest absolute Gasteiger partial charge is 0.0731 e. The topological polar surface area (TPSA) is 19.4 Å². The number of rotatable bonds is 7. The number of fused-ring (bicyclic) bond motifs is 1. The summed E-state index contributed by atoms with van der Waals surface area (Å²) in [5, 5.41) is 1.69. The van der Waals surface area contributed by atoms with Crippen molar-refractivity contribution < 1.29 is 0 Å². The molecule has 32 heavy (non-hydrogen) atoms. The van der Waals surface area contributed by atoms with E-state index in [9.17, 15) is 0 Å². The van der Waals surface area contributed by atoms with Gasteiger partial charge in [0.1, 0.15) is 0 Å². The van der Waals surface area contributed by atoms with Gasteiger partial charge in [0, 0.05) is 48.5 Å². The molecule has 4 rings (SSSR count). The van der Waals surface area contributed by atoms with Gasteiger partial charge in [0.2, 0.25) is 0 Å². The van der Waals surface area contributed by atoms with Gasteiger partial charge in [0.05, 0.1) is 16.2 Å². The van der Waals surface area contributed by atoms with Crippen LogP contribution in [0.5, 0.6) is 0 Å². The Hall–Kier alpha value is -2.78. The Bertz CT molecular complexity index is 1130. The lowest BCUT2D eigenvalue weighted by atomic mass is 10.0. The zero-order chi connectivity index (χ0) is 22.7. The molecule has 1 aliphatic heterocycles. The van der Waals surface area contributed by atoms with Crippen molar-refractivity contribution in [1.29, 1.82) is 0 Å². The maximum Gasteiger partial charge on any atom is 0.0731 e. The zero-order valence-corrected chi connectivity index (χ0v) is 20.0. The fraction of sp³-hybridized carbons (Fsp3) is 0.321. The van der Waals surface area contributed by atoms with E-state index in [0.29, 0.717) is 0 Å². The van der Waals surface area contributed by atoms with Gasteiger partial charge in [-0.25, -0.2) is 4.98 Å². The van der Waals surface area contributed by atoms with Gasteiger partial charge in [-0.3, -0.25) is 0 Å². The van der Waals surface area contributed by atoms with Gasteiger partial charge in [0.25, 0.3) is 0 Å². The second-order valence-electron chi connectivity index (χ2n) is 8.68. The SMILES string of the molecule is C=C(CCCC)N1CCN(C(=C)c2ccc3c(Cl)cc(-c4ccc(C)cc4)nc3c2)CC1. The third-order valence-electron chi connectivity index (χ3n) is 6.37. The molecule has 2 heterocycles. The van der Waals surface area contributed by atoms with Crippen molar-refractivity contribution in [1.82, 2.24) is 14.8 Å². The van der Waals surface area contributed by atoms with Gasteiger partial charge in [0.15, 0.2) is 0 Å². The second-order valence-corrected chi connectivity index (χ2v) is 9.09. The Balaban J connectivity index is 1.52. The Morgan fingerprint density at radius 3 is 2.34 bits per heavy atom. The molecule has 0 N–H and O–H groups in total.